The van der Waals surface area contributed by atoms with E-state index in [2.05, 4.69) is 10.6 Å². The molecule has 2 fully saturated rings. The first-order valence-corrected chi connectivity index (χ1v) is 9.45. The van der Waals surface area contributed by atoms with Gasteiger partial charge in [0, 0.05) is 25.1 Å². The lowest BCUT2D eigenvalue weighted by atomic mass is 9.73. The normalized spacial score (nSPS) is 27.4. The number of carbonyl (C=O) groups excluding carboxylic acids is 1. The molecule has 4 atom stereocenters. The van der Waals surface area contributed by atoms with Gasteiger partial charge in [-0.3, -0.25) is 4.79 Å². The summed E-state index contributed by atoms with van der Waals surface area (Å²) in [6.07, 6.45) is 7.67. The molecule has 0 spiro atoms. The molecule has 0 radical (unpaired) electrons. The van der Waals surface area contributed by atoms with Crippen molar-refractivity contribution in [2.45, 2.75) is 64.0 Å². The van der Waals surface area contributed by atoms with Gasteiger partial charge in [-0.15, -0.1) is 0 Å². The van der Waals surface area contributed by atoms with Gasteiger partial charge in [-0.1, -0.05) is 19.3 Å². The number of fused-ring (bicyclic) bond motifs is 1. The van der Waals surface area contributed by atoms with Crippen LogP contribution in [0.1, 0.15) is 51.0 Å². The van der Waals surface area contributed by atoms with E-state index in [0.29, 0.717) is 18.0 Å². The van der Waals surface area contributed by atoms with Crippen molar-refractivity contribution in [2.75, 3.05) is 6.54 Å². The molecule has 1 heterocycles. The number of piperidine rings is 1. The van der Waals surface area contributed by atoms with Crippen LogP contribution < -0.4 is 10.6 Å². The zero-order valence-corrected chi connectivity index (χ0v) is 14.9. The third-order valence-corrected chi connectivity index (χ3v) is 5.70. The van der Waals surface area contributed by atoms with Crippen molar-refractivity contribution in [1.29, 1.82) is 0 Å². The molecule has 3 nitrogen and oxygen atoms in total. The van der Waals surface area contributed by atoms with Crippen LogP contribution >= 0.6 is 0 Å². The van der Waals surface area contributed by atoms with Gasteiger partial charge in [0.05, 0.1) is 0 Å². The minimum absolute atomic E-state index is 0.103. The molecule has 0 aromatic heterocycles. The Hall–Kier alpha value is -1.49. The van der Waals surface area contributed by atoms with E-state index in [1.807, 2.05) is 0 Å². The minimum Gasteiger partial charge on any atom is -0.353 e. The van der Waals surface area contributed by atoms with Crippen LogP contribution in [0, 0.1) is 23.5 Å². The third-order valence-electron chi connectivity index (χ3n) is 5.70. The number of benzene rings is 1. The highest BCUT2D eigenvalue weighted by molar-refractivity contribution is 5.73. The standard InChI is InChI=1S/C20H28F2N2O/c1-13(25)24-20(8-14-6-17(21)10-18(22)7-14)11-19-9-15-4-2-3-5-16(15)12-23-19/h6-7,10,15-16,19-20,23H,2-5,8-9,11-12H2,1H3,(H,24,25)/t15?,16?,19-,20-/m0/s1. The van der Waals surface area contributed by atoms with Crippen LogP contribution in [-0.4, -0.2) is 24.5 Å². The van der Waals surface area contributed by atoms with E-state index in [4.69, 9.17) is 0 Å². The summed E-state index contributed by atoms with van der Waals surface area (Å²) in [5.74, 6) is 0.328. The maximum Gasteiger partial charge on any atom is 0.217 e. The lowest BCUT2D eigenvalue weighted by Crippen LogP contribution is -2.48. The van der Waals surface area contributed by atoms with Gasteiger partial charge >= 0.3 is 0 Å². The molecule has 3 rings (SSSR count). The maximum atomic E-state index is 13.4. The van der Waals surface area contributed by atoms with Crippen molar-refractivity contribution < 1.29 is 13.6 Å². The smallest absolute Gasteiger partial charge is 0.217 e. The van der Waals surface area contributed by atoms with Gasteiger partial charge in [-0.05, 0) is 61.8 Å². The molecule has 1 aliphatic carbocycles. The predicted octanol–water partition coefficient (Wildman–Crippen LogP) is 3.57. The highest BCUT2D eigenvalue weighted by Gasteiger charge is 2.32. The second kappa shape index (κ2) is 8.26. The molecular weight excluding hydrogens is 322 g/mol. The fraction of sp³-hybridized carbons (Fsp3) is 0.650. The van der Waals surface area contributed by atoms with E-state index in [-0.39, 0.29) is 11.9 Å². The van der Waals surface area contributed by atoms with E-state index < -0.39 is 11.6 Å². The van der Waals surface area contributed by atoms with Gasteiger partial charge in [0.1, 0.15) is 11.6 Å². The molecule has 2 aliphatic rings. The number of amides is 1. The Bertz CT molecular complexity index is 587. The van der Waals surface area contributed by atoms with Gasteiger partial charge < -0.3 is 10.6 Å². The number of rotatable bonds is 5. The first-order valence-electron chi connectivity index (χ1n) is 9.45. The average Bonchev–Trinajstić information content (AvgIpc) is 2.53. The summed E-state index contributed by atoms with van der Waals surface area (Å²) in [6, 6.07) is 3.82. The largest absolute Gasteiger partial charge is 0.353 e. The van der Waals surface area contributed by atoms with Crippen LogP contribution in [0.2, 0.25) is 0 Å². The van der Waals surface area contributed by atoms with Gasteiger partial charge in [-0.2, -0.15) is 0 Å². The van der Waals surface area contributed by atoms with Crippen molar-refractivity contribution in [2.24, 2.45) is 11.8 Å². The lowest BCUT2D eigenvalue weighted by molar-refractivity contribution is -0.119. The zero-order chi connectivity index (χ0) is 17.8. The summed E-state index contributed by atoms with van der Waals surface area (Å²) in [7, 11) is 0. The molecule has 1 saturated carbocycles. The Morgan fingerprint density at radius 2 is 1.88 bits per heavy atom. The van der Waals surface area contributed by atoms with Gasteiger partial charge in [-0.25, -0.2) is 8.78 Å². The van der Waals surface area contributed by atoms with Crippen LogP contribution in [0.4, 0.5) is 8.78 Å². The predicted molar refractivity (Wildman–Crippen MR) is 94.1 cm³/mol. The molecule has 0 bridgehead atoms. The van der Waals surface area contributed by atoms with Crippen molar-refractivity contribution in [3.8, 4) is 0 Å². The Kier molecular flexibility index (Phi) is 6.05. The van der Waals surface area contributed by atoms with Gasteiger partial charge in [0.15, 0.2) is 0 Å². The van der Waals surface area contributed by atoms with E-state index in [9.17, 15) is 13.6 Å². The molecule has 25 heavy (non-hydrogen) atoms. The monoisotopic (exact) mass is 350 g/mol. The van der Waals surface area contributed by atoms with E-state index in [1.54, 1.807) is 0 Å². The van der Waals surface area contributed by atoms with E-state index in [1.165, 1.54) is 44.7 Å². The third kappa shape index (κ3) is 5.24. The van der Waals surface area contributed by atoms with Crippen molar-refractivity contribution in [3.63, 3.8) is 0 Å². The van der Waals surface area contributed by atoms with Gasteiger partial charge in [0.2, 0.25) is 5.91 Å². The molecule has 2 unspecified atom stereocenters. The summed E-state index contributed by atoms with van der Waals surface area (Å²) in [5.41, 5.74) is 0.586. The first-order chi connectivity index (χ1) is 12.0. The van der Waals surface area contributed by atoms with Crippen molar-refractivity contribution >= 4 is 5.91 Å². The van der Waals surface area contributed by atoms with Crippen LogP contribution in [-0.2, 0) is 11.2 Å². The highest BCUT2D eigenvalue weighted by atomic mass is 19.1. The summed E-state index contributed by atoms with van der Waals surface area (Å²) in [6.45, 7) is 2.54. The topological polar surface area (TPSA) is 41.1 Å². The van der Waals surface area contributed by atoms with E-state index >= 15 is 0 Å². The fourth-order valence-corrected chi connectivity index (χ4v) is 4.65. The Morgan fingerprint density at radius 3 is 2.56 bits per heavy atom. The fourth-order valence-electron chi connectivity index (χ4n) is 4.65. The average molecular weight is 350 g/mol. The molecule has 1 saturated heterocycles. The molecule has 1 aliphatic heterocycles. The number of halogens is 2. The van der Waals surface area contributed by atoms with Crippen molar-refractivity contribution in [1.82, 2.24) is 10.6 Å². The Balaban J connectivity index is 1.63. The highest BCUT2D eigenvalue weighted by Crippen LogP contribution is 2.36. The molecule has 1 amide bonds. The first kappa shape index (κ1) is 18.3. The second-order valence-corrected chi connectivity index (χ2v) is 7.76. The quantitative estimate of drug-likeness (QED) is 0.852. The van der Waals surface area contributed by atoms with Gasteiger partial charge in [0.25, 0.3) is 0 Å². The summed E-state index contributed by atoms with van der Waals surface area (Å²) in [4.78, 5) is 11.6. The number of nitrogens with one attached hydrogen (secondary N) is 2. The zero-order valence-electron chi connectivity index (χ0n) is 14.9. The molecule has 5 heteroatoms. The molecule has 138 valence electrons. The summed E-state index contributed by atoms with van der Waals surface area (Å²) < 4.78 is 26.9. The van der Waals surface area contributed by atoms with Crippen LogP contribution in [0.25, 0.3) is 0 Å². The maximum absolute atomic E-state index is 13.4. The number of hydrogen-bond donors (Lipinski definition) is 2. The SMILES string of the molecule is CC(=O)N[C@@H](Cc1cc(F)cc(F)c1)C[C@@H]1CC2CCCCC2CN1. The number of carbonyl (C=O) groups is 1. The molecule has 2 N–H and O–H groups in total. The molecular formula is C20H28F2N2O. The van der Waals surface area contributed by atoms with E-state index in [0.717, 1.165) is 37.3 Å². The summed E-state index contributed by atoms with van der Waals surface area (Å²) >= 11 is 0. The van der Waals surface area contributed by atoms with Crippen LogP contribution in [0.15, 0.2) is 18.2 Å². The summed E-state index contributed by atoms with van der Waals surface area (Å²) in [5, 5.41) is 6.59. The Labute approximate surface area is 148 Å². The second-order valence-electron chi connectivity index (χ2n) is 7.76. The molecule has 1 aromatic carbocycles. The minimum atomic E-state index is -0.572. The van der Waals surface area contributed by atoms with Crippen LogP contribution in [0.5, 0.6) is 0 Å². The lowest BCUT2D eigenvalue weighted by Gasteiger charge is -2.41. The van der Waals surface area contributed by atoms with Crippen molar-refractivity contribution in [3.05, 3.63) is 35.4 Å². The number of hydrogen-bond acceptors (Lipinski definition) is 2. The molecule has 1 aromatic rings. The van der Waals surface area contributed by atoms with Crippen LogP contribution in [0.3, 0.4) is 0 Å². The Morgan fingerprint density at radius 1 is 1.20 bits per heavy atom.